The summed E-state index contributed by atoms with van der Waals surface area (Å²) < 4.78 is 8.94. The lowest BCUT2D eigenvalue weighted by Gasteiger charge is -2.14. The minimum Gasteiger partial charge on any atom is -0.478 e. The molecule has 0 aliphatic heterocycles. The van der Waals surface area contributed by atoms with Gasteiger partial charge in [-0.25, -0.2) is 4.98 Å². The first kappa shape index (κ1) is 19.7. The minimum atomic E-state index is -0.180. The molecular weight excluding hydrogens is 404 g/mol. The van der Waals surface area contributed by atoms with E-state index in [-0.39, 0.29) is 5.56 Å². The molecule has 4 aromatic heterocycles. The van der Waals surface area contributed by atoms with E-state index in [0.29, 0.717) is 35.2 Å². The maximum atomic E-state index is 13.8. The van der Waals surface area contributed by atoms with Gasteiger partial charge in [0.05, 0.1) is 24.0 Å². The fourth-order valence-electron chi connectivity index (χ4n) is 3.82. The first-order valence-electron chi connectivity index (χ1n) is 10.3. The summed E-state index contributed by atoms with van der Waals surface area (Å²) in [5.74, 6) is 1.18. The van der Waals surface area contributed by atoms with Crippen LogP contribution in [0.4, 0.5) is 5.82 Å². The van der Waals surface area contributed by atoms with E-state index in [0.717, 1.165) is 21.9 Å². The van der Waals surface area contributed by atoms with Gasteiger partial charge >= 0.3 is 0 Å². The van der Waals surface area contributed by atoms with Gasteiger partial charge in [-0.1, -0.05) is 6.07 Å². The Hall–Kier alpha value is -4.20. The summed E-state index contributed by atoms with van der Waals surface area (Å²) in [6.07, 6.45) is 3.60. The molecule has 32 heavy (non-hydrogen) atoms. The van der Waals surface area contributed by atoms with Crippen LogP contribution in [0.5, 0.6) is 5.88 Å². The predicted octanol–water partition coefficient (Wildman–Crippen LogP) is 3.77. The van der Waals surface area contributed by atoms with E-state index in [1.807, 2.05) is 68.7 Å². The SMILES string of the molecule is CCOc1ccc2cc(-c3ccc4nn(C)cc4c3)c(=O)n(-c3ccc(NC)nc3)c2n1. The van der Waals surface area contributed by atoms with Crippen LogP contribution in [-0.4, -0.2) is 38.0 Å². The summed E-state index contributed by atoms with van der Waals surface area (Å²) in [6, 6.07) is 15.1. The zero-order chi connectivity index (χ0) is 22.2. The first-order chi connectivity index (χ1) is 15.6. The molecule has 0 atom stereocenters. The average Bonchev–Trinajstić information content (AvgIpc) is 3.18. The molecule has 160 valence electrons. The molecule has 5 aromatic rings. The van der Waals surface area contributed by atoms with Gasteiger partial charge < -0.3 is 10.1 Å². The Morgan fingerprint density at radius 1 is 1.06 bits per heavy atom. The molecule has 0 aliphatic carbocycles. The van der Waals surface area contributed by atoms with E-state index in [2.05, 4.69) is 20.4 Å². The van der Waals surface area contributed by atoms with E-state index in [1.165, 1.54) is 0 Å². The largest absolute Gasteiger partial charge is 0.478 e. The Morgan fingerprint density at radius 3 is 2.69 bits per heavy atom. The summed E-state index contributed by atoms with van der Waals surface area (Å²) in [5, 5.41) is 9.22. The highest BCUT2D eigenvalue weighted by Crippen LogP contribution is 2.26. The van der Waals surface area contributed by atoms with Crippen LogP contribution in [0.15, 0.2) is 65.7 Å². The lowest BCUT2D eigenvalue weighted by atomic mass is 10.0. The standard InChI is InChI=1S/C24H22N6O2/c1-4-32-22-10-6-16-12-19(15-5-8-20-17(11-15)14-29(3)28-20)24(31)30(23(16)27-22)18-7-9-21(25-2)26-13-18/h5-14H,4H2,1-3H3,(H,25,26). The Labute approximate surface area is 184 Å². The quantitative estimate of drug-likeness (QED) is 0.460. The second-order valence-electron chi connectivity index (χ2n) is 7.42. The molecule has 5 rings (SSSR count). The Kier molecular flexibility index (Phi) is 4.82. The average molecular weight is 426 g/mol. The van der Waals surface area contributed by atoms with Gasteiger partial charge in [0.2, 0.25) is 5.88 Å². The minimum absolute atomic E-state index is 0.180. The topological polar surface area (TPSA) is 86.9 Å². The molecule has 8 nitrogen and oxygen atoms in total. The molecule has 0 saturated carbocycles. The molecule has 0 unspecified atom stereocenters. The number of nitrogens with zero attached hydrogens (tertiary/aromatic N) is 5. The number of ether oxygens (including phenoxy) is 1. The van der Waals surface area contributed by atoms with E-state index in [4.69, 9.17) is 4.74 Å². The highest BCUT2D eigenvalue weighted by molar-refractivity contribution is 5.88. The Morgan fingerprint density at radius 2 is 1.94 bits per heavy atom. The smallest absolute Gasteiger partial charge is 0.264 e. The molecule has 8 heteroatoms. The Bertz CT molecular complexity index is 1500. The van der Waals surface area contributed by atoms with Gasteiger partial charge in [-0.15, -0.1) is 0 Å². The van der Waals surface area contributed by atoms with Crippen LogP contribution in [0.2, 0.25) is 0 Å². The molecule has 0 spiro atoms. The lowest BCUT2D eigenvalue weighted by molar-refractivity contribution is 0.328. The van der Waals surface area contributed by atoms with Crippen molar-refractivity contribution in [3.8, 4) is 22.7 Å². The fraction of sp³-hybridized carbons (Fsp3) is 0.167. The molecule has 1 aromatic carbocycles. The van der Waals surface area contributed by atoms with Crippen molar-refractivity contribution in [2.24, 2.45) is 7.05 Å². The van der Waals surface area contributed by atoms with Gasteiger partial charge in [-0.2, -0.15) is 10.1 Å². The van der Waals surface area contributed by atoms with Crippen LogP contribution in [0.1, 0.15) is 6.92 Å². The van der Waals surface area contributed by atoms with Crippen LogP contribution in [0.3, 0.4) is 0 Å². The third-order valence-electron chi connectivity index (χ3n) is 5.31. The number of nitrogens with one attached hydrogen (secondary N) is 1. The summed E-state index contributed by atoms with van der Waals surface area (Å²) in [7, 11) is 3.68. The van der Waals surface area contributed by atoms with Crippen LogP contribution in [0, 0.1) is 0 Å². The van der Waals surface area contributed by atoms with Gasteiger partial charge in [0, 0.05) is 42.7 Å². The molecule has 0 radical (unpaired) electrons. The van der Waals surface area contributed by atoms with Crippen LogP contribution in [0.25, 0.3) is 38.8 Å². The normalized spacial score (nSPS) is 11.2. The number of rotatable bonds is 5. The number of aryl methyl sites for hydroxylation is 1. The monoisotopic (exact) mass is 426 g/mol. The number of anilines is 1. The molecular formula is C24H22N6O2. The number of hydrogen-bond acceptors (Lipinski definition) is 6. The molecule has 0 bridgehead atoms. The highest BCUT2D eigenvalue weighted by Gasteiger charge is 2.16. The van der Waals surface area contributed by atoms with Crippen molar-refractivity contribution in [1.82, 2.24) is 24.3 Å². The first-order valence-corrected chi connectivity index (χ1v) is 10.3. The number of benzene rings is 1. The maximum Gasteiger partial charge on any atom is 0.264 e. The number of pyridine rings is 3. The van der Waals surface area contributed by atoms with Crippen LogP contribution < -0.4 is 15.6 Å². The van der Waals surface area contributed by atoms with E-state index < -0.39 is 0 Å². The van der Waals surface area contributed by atoms with Crippen molar-refractivity contribution < 1.29 is 4.74 Å². The van der Waals surface area contributed by atoms with Gasteiger partial charge in [0.15, 0.2) is 5.65 Å². The fourth-order valence-corrected chi connectivity index (χ4v) is 3.82. The van der Waals surface area contributed by atoms with Crippen molar-refractivity contribution in [2.45, 2.75) is 6.92 Å². The van der Waals surface area contributed by atoms with E-state index in [1.54, 1.807) is 22.5 Å². The second kappa shape index (κ2) is 7.81. The predicted molar refractivity (Wildman–Crippen MR) is 126 cm³/mol. The van der Waals surface area contributed by atoms with Gasteiger partial charge in [-0.05, 0) is 48.9 Å². The summed E-state index contributed by atoms with van der Waals surface area (Å²) in [6.45, 7) is 2.39. The van der Waals surface area contributed by atoms with E-state index in [9.17, 15) is 4.79 Å². The summed E-state index contributed by atoms with van der Waals surface area (Å²) >= 11 is 0. The summed E-state index contributed by atoms with van der Waals surface area (Å²) in [4.78, 5) is 22.8. The van der Waals surface area contributed by atoms with Gasteiger partial charge in [0.25, 0.3) is 5.56 Å². The number of hydrogen-bond donors (Lipinski definition) is 1. The molecule has 0 amide bonds. The summed E-state index contributed by atoms with van der Waals surface area (Å²) in [5.41, 5.74) is 3.25. The number of fused-ring (bicyclic) bond motifs is 2. The molecule has 0 aliphatic rings. The second-order valence-corrected chi connectivity index (χ2v) is 7.42. The van der Waals surface area contributed by atoms with Crippen LogP contribution >= 0.6 is 0 Å². The molecule has 0 saturated heterocycles. The molecule has 1 N–H and O–H groups in total. The number of aromatic nitrogens is 5. The van der Waals surface area contributed by atoms with Crippen molar-refractivity contribution >= 4 is 27.8 Å². The van der Waals surface area contributed by atoms with Crippen molar-refractivity contribution in [3.05, 3.63) is 71.3 Å². The zero-order valence-electron chi connectivity index (χ0n) is 18.0. The van der Waals surface area contributed by atoms with Crippen molar-refractivity contribution in [2.75, 3.05) is 19.0 Å². The zero-order valence-corrected chi connectivity index (χ0v) is 18.0. The Balaban J connectivity index is 1.79. The highest BCUT2D eigenvalue weighted by atomic mass is 16.5. The van der Waals surface area contributed by atoms with Crippen molar-refractivity contribution in [1.29, 1.82) is 0 Å². The maximum absolute atomic E-state index is 13.8. The van der Waals surface area contributed by atoms with Gasteiger partial charge in [-0.3, -0.25) is 14.0 Å². The van der Waals surface area contributed by atoms with Gasteiger partial charge in [0.1, 0.15) is 5.82 Å². The van der Waals surface area contributed by atoms with Crippen molar-refractivity contribution in [3.63, 3.8) is 0 Å². The van der Waals surface area contributed by atoms with Crippen LogP contribution in [-0.2, 0) is 7.05 Å². The third-order valence-corrected chi connectivity index (χ3v) is 5.31. The third kappa shape index (κ3) is 3.35. The molecule has 0 fully saturated rings. The van der Waals surface area contributed by atoms with E-state index >= 15 is 0 Å². The lowest BCUT2D eigenvalue weighted by Crippen LogP contribution is -2.21. The molecule has 4 heterocycles.